The Morgan fingerprint density at radius 3 is 2.47 bits per heavy atom. The fourth-order valence-corrected chi connectivity index (χ4v) is 7.12. The van der Waals surface area contributed by atoms with Gasteiger partial charge in [0.25, 0.3) is 5.91 Å². The molecule has 10 nitrogen and oxygen atoms in total. The lowest BCUT2D eigenvalue weighted by Gasteiger charge is -2.43. The Hall–Kier alpha value is -2.39. The molecule has 0 bridgehead atoms. The van der Waals surface area contributed by atoms with Crippen LogP contribution in [-0.2, 0) is 9.53 Å². The van der Waals surface area contributed by atoms with Crippen LogP contribution >= 0.6 is 0 Å². The van der Waals surface area contributed by atoms with Gasteiger partial charge < -0.3 is 19.7 Å². The molecular weight excluding hydrogens is 472 g/mol. The van der Waals surface area contributed by atoms with Crippen molar-refractivity contribution in [3.8, 4) is 5.75 Å². The minimum atomic E-state index is -2.25. The maximum Gasteiger partial charge on any atom is 0.354 e. The number of carbonyl (C=O) groups is 1. The van der Waals surface area contributed by atoms with Crippen molar-refractivity contribution in [2.75, 3.05) is 11.9 Å². The molecule has 12 heteroatoms. The normalized spacial score (nSPS) is 24.0. The van der Waals surface area contributed by atoms with Gasteiger partial charge >= 0.3 is 5.69 Å². The van der Waals surface area contributed by atoms with E-state index in [1.165, 1.54) is 10.9 Å². The second-order valence-electron chi connectivity index (χ2n) is 10.7. The number of aliphatic hydroxyl groups is 2. The number of rotatable bonds is 8. The van der Waals surface area contributed by atoms with E-state index in [0.717, 1.165) is 0 Å². The summed E-state index contributed by atoms with van der Waals surface area (Å²) >= 11 is 0. The third kappa shape index (κ3) is 5.63. The Morgan fingerprint density at radius 1 is 1.26 bits per heavy atom. The van der Waals surface area contributed by atoms with Crippen LogP contribution in [0.1, 0.15) is 12.6 Å². The molecule has 0 aliphatic carbocycles. The molecule has 1 fully saturated rings. The van der Waals surface area contributed by atoms with E-state index in [4.69, 9.17) is 9.47 Å². The first kappa shape index (κ1) is 26.2. The molecule has 0 saturated carbocycles. The standard InChI is InChI=1S/C22H34N4O6Si2/c1-33(2,3)19(28)18-22(30,34(4,5)6)12-17(32-18)26-14-23-20(25-21(26)29)24-16(27)13-31-15-10-8-7-9-11-15/h7-11,14,17-19,28,30H,12-13H2,1-6H3,(H,24,25,27,29)/t17-,18-,19?,22-/m1/s1. The van der Waals surface area contributed by atoms with Crippen LogP contribution in [0.15, 0.2) is 41.5 Å². The summed E-state index contributed by atoms with van der Waals surface area (Å²) in [6.45, 7) is 11.8. The van der Waals surface area contributed by atoms with Gasteiger partial charge in [-0.3, -0.25) is 14.7 Å². The summed E-state index contributed by atoms with van der Waals surface area (Å²) < 4.78 is 12.7. The van der Waals surface area contributed by atoms with Crippen LogP contribution < -0.4 is 15.7 Å². The molecule has 1 aliphatic heterocycles. The first-order valence-corrected chi connectivity index (χ1v) is 18.3. The molecule has 3 N–H and O–H groups in total. The second kappa shape index (κ2) is 9.70. The monoisotopic (exact) mass is 506 g/mol. The van der Waals surface area contributed by atoms with Gasteiger partial charge in [0.15, 0.2) is 6.61 Å². The SMILES string of the molecule is C[Si](C)(C)C(O)[C@H]1O[C@@H](n2cnc(NC(=O)COc3ccccc3)nc2=O)C[C@@]1(O)[Si](C)(C)C. The van der Waals surface area contributed by atoms with Crippen molar-refractivity contribution in [1.82, 2.24) is 14.5 Å². The first-order valence-electron chi connectivity index (χ1n) is 11.2. The summed E-state index contributed by atoms with van der Waals surface area (Å²) in [5, 5.41) is 23.9. The van der Waals surface area contributed by atoms with Crippen LogP contribution in [-0.4, -0.2) is 70.5 Å². The first-order chi connectivity index (χ1) is 15.7. The van der Waals surface area contributed by atoms with Crippen molar-refractivity contribution in [3.05, 3.63) is 47.1 Å². The molecule has 3 rings (SSSR count). The Bertz CT molecular complexity index is 1070. The van der Waals surface area contributed by atoms with Crippen molar-refractivity contribution in [1.29, 1.82) is 0 Å². The topological polar surface area (TPSA) is 136 Å². The number of hydrogen-bond donors (Lipinski definition) is 3. The molecule has 4 atom stereocenters. The summed E-state index contributed by atoms with van der Waals surface area (Å²) in [6.07, 6.45) is -0.250. The minimum absolute atomic E-state index is 0.148. The molecule has 1 aliphatic rings. The summed E-state index contributed by atoms with van der Waals surface area (Å²) in [5.41, 5.74) is -1.49. The van der Waals surface area contributed by atoms with Gasteiger partial charge in [-0.05, 0) is 12.1 Å². The van der Waals surface area contributed by atoms with Crippen LogP contribution in [0, 0.1) is 0 Å². The molecule has 2 heterocycles. The largest absolute Gasteiger partial charge is 0.484 e. The van der Waals surface area contributed by atoms with Gasteiger partial charge in [0.05, 0.1) is 27.1 Å². The van der Waals surface area contributed by atoms with E-state index >= 15 is 0 Å². The Labute approximate surface area is 201 Å². The van der Waals surface area contributed by atoms with Crippen LogP contribution in [0.25, 0.3) is 0 Å². The second-order valence-corrected chi connectivity index (χ2v) is 21.4. The molecule has 1 aromatic carbocycles. The predicted octanol–water partition coefficient (Wildman–Crippen LogP) is 1.79. The highest BCUT2D eigenvalue weighted by Gasteiger charge is 2.59. The van der Waals surface area contributed by atoms with Crippen molar-refractivity contribution >= 4 is 28.0 Å². The highest BCUT2D eigenvalue weighted by atomic mass is 28.3. The fourth-order valence-electron chi connectivity index (χ4n) is 3.83. The number of anilines is 1. The van der Waals surface area contributed by atoms with Gasteiger partial charge in [0.1, 0.15) is 24.4 Å². The van der Waals surface area contributed by atoms with E-state index in [-0.39, 0.29) is 19.0 Å². The smallest absolute Gasteiger partial charge is 0.354 e. The molecule has 34 heavy (non-hydrogen) atoms. The minimum Gasteiger partial charge on any atom is -0.484 e. The lowest BCUT2D eigenvalue weighted by Crippen LogP contribution is -2.64. The zero-order chi connectivity index (χ0) is 25.3. The zero-order valence-corrected chi connectivity index (χ0v) is 22.5. The van der Waals surface area contributed by atoms with Crippen LogP contribution in [0.4, 0.5) is 5.95 Å². The molecule has 0 spiro atoms. The number of ether oxygens (including phenoxy) is 2. The number of aromatic nitrogens is 3. The van der Waals surface area contributed by atoms with Gasteiger partial charge in [0.2, 0.25) is 5.95 Å². The summed E-state index contributed by atoms with van der Waals surface area (Å²) in [7, 11) is -4.33. The Balaban J connectivity index is 1.75. The number of hydrogen-bond acceptors (Lipinski definition) is 8. The molecule has 1 unspecified atom stereocenters. The number of benzene rings is 1. The molecule has 0 radical (unpaired) electrons. The molecular formula is C22H34N4O6Si2. The predicted molar refractivity (Wildman–Crippen MR) is 133 cm³/mol. The van der Waals surface area contributed by atoms with Gasteiger partial charge in [-0.1, -0.05) is 57.5 Å². The number of nitrogens with zero attached hydrogens (tertiary/aromatic N) is 3. The molecule has 2 aromatic rings. The average Bonchev–Trinajstić information content (AvgIpc) is 3.10. The summed E-state index contributed by atoms with van der Waals surface area (Å²) in [4.78, 5) is 32.8. The van der Waals surface area contributed by atoms with E-state index in [1.807, 2.05) is 45.3 Å². The Morgan fingerprint density at radius 2 is 1.91 bits per heavy atom. The maximum absolute atomic E-state index is 12.7. The van der Waals surface area contributed by atoms with E-state index in [0.29, 0.717) is 5.75 Å². The van der Waals surface area contributed by atoms with Gasteiger partial charge in [-0.15, -0.1) is 0 Å². The van der Waals surface area contributed by atoms with E-state index in [2.05, 4.69) is 15.3 Å². The zero-order valence-electron chi connectivity index (χ0n) is 20.5. The van der Waals surface area contributed by atoms with E-state index < -0.39 is 51.0 Å². The average molecular weight is 507 g/mol. The van der Waals surface area contributed by atoms with Gasteiger partial charge in [-0.2, -0.15) is 4.98 Å². The van der Waals surface area contributed by atoms with Gasteiger partial charge in [-0.25, -0.2) is 9.78 Å². The third-order valence-corrected chi connectivity index (χ3v) is 11.3. The van der Waals surface area contributed by atoms with Gasteiger partial charge in [0, 0.05) is 6.42 Å². The number of nitrogens with one attached hydrogen (secondary N) is 1. The van der Waals surface area contributed by atoms with E-state index in [9.17, 15) is 19.8 Å². The van der Waals surface area contributed by atoms with Crippen LogP contribution in [0.5, 0.6) is 5.75 Å². The highest BCUT2D eigenvalue weighted by molar-refractivity contribution is 6.80. The maximum atomic E-state index is 12.7. The number of aliphatic hydroxyl groups excluding tert-OH is 1. The summed E-state index contributed by atoms with van der Waals surface area (Å²) in [6, 6.07) is 8.86. The van der Waals surface area contributed by atoms with Crippen molar-refractivity contribution in [3.63, 3.8) is 0 Å². The number of para-hydroxylation sites is 1. The van der Waals surface area contributed by atoms with Crippen LogP contribution in [0.2, 0.25) is 39.3 Å². The van der Waals surface area contributed by atoms with Crippen molar-refractivity contribution < 1.29 is 24.5 Å². The third-order valence-electron chi connectivity index (χ3n) is 6.13. The van der Waals surface area contributed by atoms with Crippen molar-refractivity contribution in [2.24, 2.45) is 0 Å². The van der Waals surface area contributed by atoms with E-state index in [1.54, 1.807) is 24.3 Å². The highest BCUT2D eigenvalue weighted by Crippen LogP contribution is 2.44. The molecule has 1 saturated heterocycles. The lowest BCUT2D eigenvalue weighted by molar-refractivity contribution is -0.118. The molecule has 1 aromatic heterocycles. The molecule has 186 valence electrons. The lowest BCUT2D eigenvalue weighted by atomic mass is 10.1. The van der Waals surface area contributed by atoms with Crippen molar-refractivity contribution in [2.45, 2.75) is 69.0 Å². The fraction of sp³-hybridized carbons (Fsp3) is 0.545. The number of carbonyl (C=O) groups excluding carboxylic acids is 1. The summed E-state index contributed by atoms with van der Waals surface area (Å²) in [5.74, 6) is -0.123. The number of amides is 1. The van der Waals surface area contributed by atoms with Crippen LogP contribution in [0.3, 0.4) is 0 Å². The molecule has 1 amide bonds. The quantitative estimate of drug-likeness (QED) is 0.461. The Kier molecular flexibility index (Phi) is 7.48.